The summed E-state index contributed by atoms with van der Waals surface area (Å²) in [6.45, 7) is -1.06. The van der Waals surface area contributed by atoms with Crippen molar-refractivity contribution in [3.05, 3.63) is 92.4 Å². The van der Waals surface area contributed by atoms with Gasteiger partial charge < -0.3 is 29.6 Å². The molecule has 0 radical (unpaired) electrons. The molecule has 2 aliphatic heterocycles. The molecule has 45 heavy (non-hydrogen) atoms. The highest BCUT2D eigenvalue weighted by Gasteiger charge is 2.44. The van der Waals surface area contributed by atoms with E-state index in [1.54, 1.807) is 0 Å². The number of benzene rings is 2. The van der Waals surface area contributed by atoms with Gasteiger partial charge in [-0.05, 0) is 42.2 Å². The number of aromatic nitrogens is 1. The summed E-state index contributed by atoms with van der Waals surface area (Å²) in [6, 6.07) is 13.7. The largest absolute Gasteiger partial charge is 0.511 e. The molecule has 2 N–H and O–H groups in total. The molecule has 1 aromatic heterocycles. The maximum Gasteiger partial charge on any atom is 0.511 e. The Morgan fingerprint density at radius 3 is 2.56 bits per heavy atom. The van der Waals surface area contributed by atoms with E-state index in [0.29, 0.717) is 4.90 Å². The second-order valence-electron chi connectivity index (χ2n) is 9.64. The normalized spacial score (nSPS) is 14.2. The Labute approximate surface area is 263 Å². The molecule has 3 heterocycles. The Morgan fingerprint density at radius 1 is 1.09 bits per heavy atom. The minimum absolute atomic E-state index is 0.461. The van der Waals surface area contributed by atoms with Crippen molar-refractivity contribution < 1.29 is 46.9 Å². The van der Waals surface area contributed by atoms with Gasteiger partial charge in [-0.15, -0.1) is 11.8 Å². The molecule has 1 amide bonds. The van der Waals surface area contributed by atoms with E-state index in [-0.39, 0.29) is 0 Å². The molecular weight excluding hydrogens is 643 g/mol. The molecule has 3 aromatic rings. The minimum Gasteiger partial charge on any atom is -0.481 e. The van der Waals surface area contributed by atoms with Gasteiger partial charge in [-0.1, -0.05) is 41.9 Å². The number of nitrogens with zero attached hydrogens (tertiary/aromatic N) is 2. The Hall–Kier alpha value is -4.37. The Balaban J connectivity index is 0.000000240. The lowest BCUT2D eigenvalue weighted by Gasteiger charge is -2.36. The zero-order valence-corrected chi connectivity index (χ0v) is 25.2. The number of carboxylic acids is 1. The van der Waals surface area contributed by atoms with Crippen molar-refractivity contribution in [3.8, 4) is 5.75 Å². The van der Waals surface area contributed by atoms with E-state index in [9.17, 15) is 32.3 Å². The van der Waals surface area contributed by atoms with E-state index in [1.807, 2.05) is 23.9 Å². The number of rotatable bonds is 7. The molecule has 0 aliphatic carbocycles. The Bertz CT molecular complexity index is 1630. The van der Waals surface area contributed by atoms with Gasteiger partial charge >= 0.3 is 18.3 Å². The highest BCUT2D eigenvalue weighted by Crippen LogP contribution is 2.36. The highest BCUT2D eigenvalue weighted by molar-refractivity contribution is 7.98. The molecular formula is C29H27ClF3N3O8S. The molecule has 0 spiro atoms. The van der Waals surface area contributed by atoms with Gasteiger partial charge in [0.2, 0.25) is 18.0 Å². The van der Waals surface area contributed by atoms with E-state index in [4.69, 9.17) is 21.4 Å². The third kappa shape index (κ3) is 8.42. The monoisotopic (exact) mass is 669 g/mol. The first-order chi connectivity index (χ1) is 21.4. The van der Waals surface area contributed by atoms with Crippen LogP contribution in [0.15, 0.2) is 64.4 Å². The van der Waals surface area contributed by atoms with Crippen LogP contribution >= 0.6 is 23.4 Å². The van der Waals surface area contributed by atoms with Crippen LogP contribution in [0.3, 0.4) is 0 Å². The van der Waals surface area contributed by atoms with E-state index >= 15 is 0 Å². The van der Waals surface area contributed by atoms with Crippen molar-refractivity contribution in [2.24, 2.45) is 0 Å². The van der Waals surface area contributed by atoms with Gasteiger partial charge in [0.05, 0.1) is 6.42 Å². The number of carboxylic acid groups (broad SMARTS) is 1. The van der Waals surface area contributed by atoms with Crippen LogP contribution < -0.4 is 15.6 Å². The zero-order chi connectivity index (χ0) is 32.7. The maximum absolute atomic E-state index is 13.0. The predicted molar refractivity (Wildman–Crippen MR) is 157 cm³/mol. The topological polar surface area (TPSA) is 136 Å². The average Bonchev–Trinajstić information content (AvgIpc) is 3.18. The number of aliphatic carboxylic acids is 1. The summed E-state index contributed by atoms with van der Waals surface area (Å²) in [7, 11) is 0. The van der Waals surface area contributed by atoms with Crippen molar-refractivity contribution in [2.75, 3.05) is 25.5 Å². The number of thioether (sulfide) groups is 1. The van der Waals surface area contributed by atoms with Crippen LogP contribution in [0.25, 0.3) is 0 Å². The van der Waals surface area contributed by atoms with Crippen LogP contribution in [0.1, 0.15) is 40.5 Å². The van der Waals surface area contributed by atoms with Crippen LogP contribution in [0.5, 0.6) is 5.75 Å². The average molecular weight is 670 g/mol. The second-order valence-corrected chi connectivity index (χ2v) is 11.1. The van der Waals surface area contributed by atoms with Crippen LogP contribution in [-0.4, -0.2) is 65.0 Å². The second kappa shape index (κ2) is 14.6. The minimum atomic E-state index is -4.70. The van der Waals surface area contributed by atoms with E-state index < -0.39 is 73.6 Å². The lowest BCUT2D eigenvalue weighted by molar-refractivity contribution is -0.172. The fraction of sp³-hybridized carbons (Fsp3) is 0.310. The number of fused-ring (bicyclic) bond motifs is 3. The van der Waals surface area contributed by atoms with Gasteiger partial charge in [-0.3, -0.25) is 19.1 Å². The number of nitrogens with one attached hydrogen (secondary N) is 1. The molecule has 0 unspecified atom stereocenters. The van der Waals surface area contributed by atoms with Gasteiger partial charge in [-0.2, -0.15) is 13.2 Å². The van der Waals surface area contributed by atoms with Gasteiger partial charge in [-0.25, -0.2) is 4.79 Å². The number of hydrogen-bond acceptors (Lipinski definition) is 9. The maximum atomic E-state index is 13.0. The first kappa shape index (κ1) is 33.5. The van der Waals surface area contributed by atoms with Crippen LogP contribution in [-0.2, 0) is 26.4 Å². The molecule has 0 saturated carbocycles. The van der Waals surface area contributed by atoms with Crippen LogP contribution in [0.4, 0.5) is 18.0 Å². The predicted octanol–water partition coefficient (Wildman–Crippen LogP) is 5.26. The number of hydrogen-bond donors (Lipinski definition) is 2. The highest BCUT2D eigenvalue weighted by atomic mass is 35.5. The Morgan fingerprint density at radius 2 is 1.82 bits per heavy atom. The number of carbonyl (C=O) groups is 3. The summed E-state index contributed by atoms with van der Waals surface area (Å²) in [5.74, 6) is -1.99. The summed E-state index contributed by atoms with van der Waals surface area (Å²) in [5, 5.41) is 9.32. The number of amides is 1. The summed E-state index contributed by atoms with van der Waals surface area (Å²) in [4.78, 5) is 48.0. The SMILES string of the molecule is C[C@@H](N1CNn2ccc(=O)c(OCOC(=O)OCCC(=O)O)c2C1=O)C(F)(F)F.Clc1cccc2c1CSc1ccccc1C2. The summed E-state index contributed by atoms with van der Waals surface area (Å²) < 4.78 is 53.8. The van der Waals surface area contributed by atoms with Gasteiger partial charge in [0.25, 0.3) is 5.91 Å². The first-order valence-corrected chi connectivity index (χ1v) is 14.7. The first-order valence-electron chi connectivity index (χ1n) is 13.3. The zero-order valence-electron chi connectivity index (χ0n) is 23.6. The number of ether oxygens (including phenoxy) is 3. The molecule has 5 rings (SSSR count). The molecule has 0 bridgehead atoms. The van der Waals surface area contributed by atoms with Crippen LogP contribution in [0.2, 0.25) is 5.02 Å². The molecule has 2 aliphatic rings. The number of pyridine rings is 1. The Kier molecular flexibility index (Phi) is 10.9. The molecule has 0 fully saturated rings. The molecule has 16 heteroatoms. The standard InChI is InChI=1S/C15H16F3N3O8.C14H11ClS/c1-8(15(16,17)18)20-6-19-21-4-2-9(22)12(11(21)13(20)25)28-7-29-14(26)27-5-3-10(23)24;15-13-6-3-5-10-8-11-4-1-2-7-14(11)16-9-12(10)13/h2,4,8,19H,3,5-7H2,1H3,(H,23,24);1-7H,8-9H2/t8-;/m1./s1. The third-order valence-electron chi connectivity index (χ3n) is 6.73. The number of carbonyl (C=O) groups excluding carboxylic acids is 2. The van der Waals surface area contributed by atoms with Gasteiger partial charge in [0, 0.05) is 27.9 Å². The smallest absolute Gasteiger partial charge is 0.481 e. The molecule has 2 aromatic carbocycles. The van der Waals surface area contributed by atoms with E-state index in [1.165, 1.54) is 21.6 Å². The quantitative estimate of drug-likeness (QED) is 0.253. The van der Waals surface area contributed by atoms with E-state index in [0.717, 1.165) is 41.1 Å². The fourth-order valence-electron chi connectivity index (χ4n) is 4.32. The summed E-state index contributed by atoms with van der Waals surface area (Å²) >= 11 is 8.13. The lowest BCUT2D eigenvalue weighted by Crippen LogP contribution is -2.54. The van der Waals surface area contributed by atoms with Crippen molar-refractivity contribution in [1.82, 2.24) is 9.58 Å². The molecule has 1 atom stereocenters. The molecule has 0 saturated heterocycles. The number of alkyl halides is 3. The van der Waals surface area contributed by atoms with Gasteiger partial charge in [0.15, 0.2) is 5.69 Å². The van der Waals surface area contributed by atoms with Crippen molar-refractivity contribution in [1.29, 1.82) is 0 Å². The van der Waals surface area contributed by atoms with Crippen molar-refractivity contribution in [2.45, 2.75) is 42.6 Å². The van der Waals surface area contributed by atoms with Crippen LogP contribution in [0, 0.1) is 0 Å². The fourth-order valence-corrected chi connectivity index (χ4v) is 5.80. The van der Waals surface area contributed by atoms with Gasteiger partial charge in [0.1, 0.15) is 19.3 Å². The van der Waals surface area contributed by atoms with E-state index in [2.05, 4.69) is 45.2 Å². The lowest BCUT2D eigenvalue weighted by atomic mass is 10.0. The number of halogens is 4. The molecule has 11 nitrogen and oxygen atoms in total. The van der Waals surface area contributed by atoms with Crippen molar-refractivity contribution >= 4 is 41.4 Å². The third-order valence-corrected chi connectivity index (χ3v) is 8.22. The molecule has 240 valence electrons. The van der Waals surface area contributed by atoms with Crippen molar-refractivity contribution in [3.63, 3.8) is 0 Å². The summed E-state index contributed by atoms with van der Waals surface area (Å²) in [5.41, 5.74) is 5.24. The summed E-state index contributed by atoms with van der Waals surface area (Å²) in [6.07, 6.45) is -4.32.